The van der Waals surface area contributed by atoms with Crippen molar-refractivity contribution in [3.05, 3.63) is 11.6 Å². The molecule has 6 nitrogen and oxygen atoms in total. The molecule has 122 valence electrons. The normalized spacial score (nSPS) is 25.8. The van der Waals surface area contributed by atoms with Gasteiger partial charge in [-0.15, -0.1) is 0 Å². The largest absolute Gasteiger partial charge is 0.381 e. The van der Waals surface area contributed by atoms with Crippen LogP contribution in [0.3, 0.4) is 0 Å². The van der Waals surface area contributed by atoms with E-state index in [1.165, 1.54) is 18.7 Å². The topological polar surface area (TPSA) is 52.4 Å². The van der Waals surface area contributed by atoms with Crippen molar-refractivity contribution in [2.75, 3.05) is 39.5 Å². The molecule has 0 N–H and O–H groups in total. The molecule has 0 bridgehead atoms. The lowest BCUT2D eigenvalue weighted by molar-refractivity contribution is 0.0345. The smallest absolute Gasteiger partial charge is 0.154 e. The minimum absolute atomic E-state index is 0.500. The van der Waals surface area contributed by atoms with E-state index in [0.717, 1.165) is 71.1 Å². The van der Waals surface area contributed by atoms with Gasteiger partial charge in [-0.1, -0.05) is 0 Å². The lowest BCUT2D eigenvalue weighted by atomic mass is 10.00. The number of hydrogen-bond acceptors (Lipinski definition) is 5. The number of hydrogen-bond donors (Lipinski definition) is 0. The van der Waals surface area contributed by atoms with Crippen LogP contribution < -0.4 is 0 Å². The highest BCUT2D eigenvalue weighted by atomic mass is 16.5. The molecular weight excluding hydrogens is 280 g/mol. The maximum atomic E-state index is 5.48. The highest BCUT2D eigenvalue weighted by Crippen LogP contribution is 2.25. The van der Waals surface area contributed by atoms with Crippen molar-refractivity contribution in [3.63, 3.8) is 0 Å². The molecule has 0 aliphatic carbocycles. The van der Waals surface area contributed by atoms with Crippen molar-refractivity contribution in [1.82, 2.24) is 19.7 Å². The molecule has 4 heterocycles. The summed E-state index contributed by atoms with van der Waals surface area (Å²) in [5.74, 6) is 2.73. The summed E-state index contributed by atoms with van der Waals surface area (Å²) < 4.78 is 13.1. The SMILES string of the molecule is C1CC(c2nc3n(n2)CCN(C2CCOCC2)CC3)CCO1. The summed E-state index contributed by atoms with van der Waals surface area (Å²) in [7, 11) is 0. The average molecular weight is 306 g/mol. The van der Waals surface area contributed by atoms with E-state index in [4.69, 9.17) is 19.6 Å². The first-order valence-electron chi connectivity index (χ1n) is 8.73. The molecule has 3 aliphatic heterocycles. The summed E-state index contributed by atoms with van der Waals surface area (Å²) in [6, 6.07) is 0.688. The molecule has 22 heavy (non-hydrogen) atoms. The first kappa shape index (κ1) is 14.6. The van der Waals surface area contributed by atoms with Gasteiger partial charge in [0.15, 0.2) is 5.82 Å². The van der Waals surface area contributed by atoms with Gasteiger partial charge < -0.3 is 9.47 Å². The number of rotatable bonds is 2. The van der Waals surface area contributed by atoms with Crippen LogP contribution in [0.25, 0.3) is 0 Å². The van der Waals surface area contributed by atoms with Gasteiger partial charge in [0.05, 0.1) is 6.54 Å². The van der Waals surface area contributed by atoms with Crippen LogP contribution in [0.5, 0.6) is 0 Å². The predicted molar refractivity (Wildman–Crippen MR) is 81.9 cm³/mol. The minimum Gasteiger partial charge on any atom is -0.381 e. The van der Waals surface area contributed by atoms with E-state index >= 15 is 0 Å². The molecule has 0 unspecified atom stereocenters. The number of fused-ring (bicyclic) bond motifs is 1. The van der Waals surface area contributed by atoms with Crippen LogP contribution in [-0.2, 0) is 22.4 Å². The van der Waals surface area contributed by atoms with Crippen molar-refractivity contribution in [2.45, 2.75) is 50.6 Å². The number of nitrogens with zero attached hydrogens (tertiary/aromatic N) is 4. The summed E-state index contributed by atoms with van der Waals surface area (Å²) in [5, 5.41) is 4.81. The third-order valence-electron chi connectivity index (χ3n) is 5.28. The second-order valence-corrected chi connectivity index (χ2v) is 6.63. The average Bonchev–Trinajstić information content (AvgIpc) is 2.90. The van der Waals surface area contributed by atoms with Crippen molar-refractivity contribution < 1.29 is 9.47 Å². The Morgan fingerprint density at radius 2 is 1.59 bits per heavy atom. The van der Waals surface area contributed by atoms with E-state index in [1.807, 2.05) is 0 Å². The fourth-order valence-electron chi connectivity index (χ4n) is 3.88. The lowest BCUT2D eigenvalue weighted by Gasteiger charge is -2.33. The van der Waals surface area contributed by atoms with E-state index in [1.54, 1.807) is 0 Å². The van der Waals surface area contributed by atoms with Crippen LogP contribution in [0.2, 0.25) is 0 Å². The molecule has 2 saturated heterocycles. The third-order valence-corrected chi connectivity index (χ3v) is 5.28. The van der Waals surface area contributed by atoms with Gasteiger partial charge in [0.1, 0.15) is 5.82 Å². The highest BCUT2D eigenvalue weighted by molar-refractivity contribution is 5.02. The first-order chi connectivity index (χ1) is 10.9. The lowest BCUT2D eigenvalue weighted by Crippen LogP contribution is -2.41. The fourth-order valence-corrected chi connectivity index (χ4v) is 3.88. The Kier molecular flexibility index (Phi) is 4.41. The van der Waals surface area contributed by atoms with Crippen molar-refractivity contribution in [2.24, 2.45) is 0 Å². The summed E-state index contributed by atoms with van der Waals surface area (Å²) in [6.07, 6.45) is 5.50. The molecule has 0 saturated carbocycles. The van der Waals surface area contributed by atoms with Gasteiger partial charge in [-0.2, -0.15) is 5.10 Å². The van der Waals surface area contributed by atoms with Crippen LogP contribution in [0, 0.1) is 0 Å². The maximum Gasteiger partial charge on any atom is 0.154 e. The minimum atomic E-state index is 0.500. The van der Waals surface area contributed by atoms with Crippen LogP contribution in [0.1, 0.15) is 43.3 Å². The summed E-state index contributed by atoms with van der Waals surface area (Å²) in [4.78, 5) is 7.48. The van der Waals surface area contributed by atoms with Crippen LogP contribution >= 0.6 is 0 Å². The van der Waals surface area contributed by atoms with E-state index in [9.17, 15) is 0 Å². The Hall–Kier alpha value is -0.980. The van der Waals surface area contributed by atoms with Gasteiger partial charge in [-0.25, -0.2) is 9.67 Å². The van der Waals surface area contributed by atoms with Crippen molar-refractivity contribution in [1.29, 1.82) is 0 Å². The van der Waals surface area contributed by atoms with Crippen molar-refractivity contribution in [3.8, 4) is 0 Å². The zero-order chi connectivity index (χ0) is 14.8. The van der Waals surface area contributed by atoms with Crippen molar-refractivity contribution >= 4 is 0 Å². The van der Waals surface area contributed by atoms with Gasteiger partial charge in [-0.05, 0) is 25.7 Å². The molecule has 1 aromatic heterocycles. The van der Waals surface area contributed by atoms with E-state index in [-0.39, 0.29) is 0 Å². The highest BCUT2D eigenvalue weighted by Gasteiger charge is 2.27. The first-order valence-corrected chi connectivity index (χ1v) is 8.73. The Morgan fingerprint density at radius 3 is 2.36 bits per heavy atom. The monoisotopic (exact) mass is 306 g/mol. The van der Waals surface area contributed by atoms with Crippen LogP contribution in [-0.4, -0.2) is 65.2 Å². The fraction of sp³-hybridized carbons (Fsp3) is 0.875. The Morgan fingerprint density at radius 1 is 0.864 bits per heavy atom. The number of aromatic nitrogens is 3. The molecular formula is C16H26N4O2. The zero-order valence-electron chi connectivity index (χ0n) is 13.2. The van der Waals surface area contributed by atoms with E-state index < -0.39 is 0 Å². The molecule has 0 spiro atoms. The number of ether oxygens (including phenoxy) is 2. The molecule has 4 rings (SSSR count). The Labute approximate surface area is 131 Å². The molecule has 0 radical (unpaired) electrons. The summed E-state index contributed by atoms with van der Waals surface area (Å²) >= 11 is 0. The Balaban J connectivity index is 1.41. The summed E-state index contributed by atoms with van der Waals surface area (Å²) in [6.45, 7) is 6.71. The molecule has 6 heteroatoms. The van der Waals surface area contributed by atoms with Gasteiger partial charge in [-0.3, -0.25) is 4.90 Å². The predicted octanol–water partition coefficient (Wildman–Crippen LogP) is 1.21. The third kappa shape index (κ3) is 3.05. The maximum absolute atomic E-state index is 5.48. The quantitative estimate of drug-likeness (QED) is 0.822. The Bertz CT molecular complexity index is 467. The van der Waals surface area contributed by atoms with Gasteiger partial charge >= 0.3 is 0 Å². The molecule has 3 aliphatic rings. The molecule has 1 aromatic rings. The van der Waals surface area contributed by atoms with Gasteiger partial charge in [0.25, 0.3) is 0 Å². The second kappa shape index (κ2) is 6.64. The zero-order valence-corrected chi connectivity index (χ0v) is 13.2. The molecule has 0 atom stereocenters. The van der Waals surface area contributed by atoms with E-state index in [2.05, 4.69) is 9.58 Å². The van der Waals surface area contributed by atoms with Crippen LogP contribution in [0.15, 0.2) is 0 Å². The second-order valence-electron chi connectivity index (χ2n) is 6.63. The molecule has 2 fully saturated rings. The molecule has 0 amide bonds. The standard InChI is InChI=1S/C16H26N4O2/c1-6-19(14-4-11-22-12-5-14)7-8-20-15(1)17-16(18-20)13-2-9-21-10-3-13/h13-14H,1-12H2. The molecule has 0 aromatic carbocycles. The van der Waals surface area contributed by atoms with E-state index in [0.29, 0.717) is 12.0 Å². The van der Waals surface area contributed by atoms with Gasteiger partial charge in [0, 0.05) is 57.9 Å². The summed E-state index contributed by atoms with van der Waals surface area (Å²) in [5.41, 5.74) is 0. The van der Waals surface area contributed by atoms with Crippen LogP contribution in [0.4, 0.5) is 0 Å². The van der Waals surface area contributed by atoms with Gasteiger partial charge in [0.2, 0.25) is 0 Å².